The third-order valence-corrected chi connectivity index (χ3v) is 4.90. The summed E-state index contributed by atoms with van der Waals surface area (Å²) in [6.07, 6.45) is 0.152. The zero-order valence-corrected chi connectivity index (χ0v) is 13.1. The Labute approximate surface area is 124 Å². The number of hydrogen-bond acceptors (Lipinski definition) is 4. The number of anilines is 1. The van der Waals surface area contributed by atoms with Crippen LogP contribution in [0.1, 0.15) is 6.42 Å². The van der Waals surface area contributed by atoms with Crippen LogP contribution >= 0.6 is 0 Å². The molecule has 1 amide bonds. The molecule has 116 valence electrons. The number of nitrogens with one attached hydrogen (secondary N) is 1. The minimum absolute atomic E-state index is 0.105. The lowest BCUT2D eigenvalue weighted by molar-refractivity contribution is -0.117. The van der Waals surface area contributed by atoms with Gasteiger partial charge in [0.15, 0.2) is 0 Å². The summed E-state index contributed by atoms with van der Waals surface area (Å²) in [5.41, 5.74) is 0.729. The molecule has 1 heterocycles. The second kappa shape index (κ2) is 6.00. The average molecular weight is 313 g/mol. The van der Waals surface area contributed by atoms with Crippen molar-refractivity contribution in [1.29, 1.82) is 0 Å². The molecule has 1 fully saturated rings. The van der Waals surface area contributed by atoms with Crippen LogP contribution in [0.5, 0.6) is 5.75 Å². The van der Waals surface area contributed by atoms with Gasteiger partial charge < -0.3 is 9.64 Å². The van der Waals surface area contributed by atoms with Crippen LogP contribution in [0, 0.1) is 0 Å². The minimum Gasteiger partial charge on any atom is -0.497 e. The van der Waals surface area contributed by atoms with Crippen molar-refractivity contribution >= 4 is 21.8 Å². The summed E-state index contributed by atoms with van der Waals surface area (Å²) in [4.78, 5) is 13.6. The molecule has 8 heteroatoms. The summed E-state index contributed by atoms with van der Waals surface area (Å²) >= 11 is 0. The summed E-state index contributed by atoms with van der Waals surface area (Å²) in [6.45, 7) is 0.318. The number of methoxy groups -OCH3 is 1. The fourth-order valence-electron chi connectivity index (χ4n) is 2.11. The van der Waals surface area contributed by atoms with Gasteiger partial charge in [0.1, 0.15) is 5.75 Å². The van der Waals surface area contributed by atoms with E-state index in [4.69, 9.17) is 4.74 Å². The molecule has 0 unspecified atom stereocenters. The van der Waals surface area contributed by atoms with Gasteiger partial charge in [0.2, 0.25) is 5.91 Å². The molecule has 1 saturated heterocycles. The predicted molar refractivity (Wildman–Crippen MR) is 79.5 cm³/mol. The van der Waals surface area contributed by atoms with E-state index in [-0.39, 0.29) is 12.3 Å². The van der Waals surface area contributed by atoms with E-state index in [9.17, 15) is 13.2 Å². The van der Waals surface area contributed by atoms with Gasteiger partial charge in [0, 0.05) is 38.8 Å². The molecule has 1 aromatic rings. The van der Waals surface area contributed by atoms with Gasteiger partial charge in [-0.2, -0.15) is 17.4 Å². The molecule has 1 aliphatic heterocycles. The zero-order chi connectivity index (χ0) is 15.6. The molecule has 7 nitrogen and oxygen atoms in total. The van der Waals surface area contributed by atoms with Crippen molar-refractivity contribution < 1.29 is 17.9 Å². The third-order valence-electron chi connectivity index (χ3n) is 3.31. The van der Waals surface area contributed by atoms with Crippen LogP contribution in [0.25, 0.3) is 0 Å². The Morgan fingerprint density at radius 3 is 2.43 bits per heavy atom. The van der Waals surface area contributed by atoms with Gasteiger partial charge in [-0.1, -0.05) is 0 Å². The number of carbonyl (C=O) groups excluding carboxylic acids is 1. The second-order valence-electron chi connectivity index (χ2n) is 5.01. The lowest BCUT2D eigenvalue weighted by atomic mass is 10.3. The monoisotopic (exact) mass is 313 g/mol. The maximum absolute atomic E-state index is 12.0. The highest BCUT2D eigenvalue weighted by molar-refractivity contribution is 7.87. The first-order chi connectivity index (χ1) is 9.83. The van der Waals surface area contributed by atoms with E-state index in [1.807, 2.05) is 0 Å². The van der Waals surface area contributed by atoms with Gasteiger partial charge in [0.25, 0.3) is 10.2 Å². The number of ether oxygens (including phenoxy) is 1. The lowest BCUT2D eigenvalue weighted by Crippen LogP contribution is -2.43. The summed E-state index contributed by atoms with van der Waals surface area (Å²) < 4.78 is 32.3. The fourth-order valence-corrected chi connectivity index (χ4v) is 2.90. The summed E-state index contributed by atoms with van der Waals surface area (Å²) in [6, 6.07) is 6.66. The van der Waals surface area contributed by atoms with Crippen molar-refractivity contribution in [3.63, 3.8) is 0 Å². The van der Waals surface area contributed by atoms with Crippen LogP contribution in [0.3, 0.4) is 0 Å². The Bertz CT molecular complexity index is 613. The first-order valence-electron chi connectivity index (χ1n) is 6.47. The standard InChI is InChI=1S/C13H19N3O4S/c1-15(2)21(18,19)14-10-8-13(17)16(9-10)11-4-6-12(20-3)7-5-11/h4-7,10,14H,8-9H2,1-3H3/t10-/m1/s1. The second-order valence-corrected chi connectivity index (χ2v) is 6.92. The van der Waals surface area contributed by atoms with Crippen LogP contribution in [-0.4, -0.2) is 52.4 Å². The van der Waals surface area contributed by atoms with Gasteiger partial charge in [-0.3, -0.25) is 4.79 Å². The normalized spacial score (nSPS) is 19.3. The van der Waals surface area contributed by atoms with Crippen LogP contribution in [0.2, 0.25) is 0 Å². The molecule has 0 saturated carbocycles. The van der Waals surface area contributed by atoms with Crippen LogP contribution in [0.15, 0.2) is 24.3 Å². The number of benzene rings is 1. The van der Waals surface area contributed by atoms with E-state index in [1.54, 1.807) is 36.3 Å². The summed E-state index contributed by atoms with van der Waals surface area (Å²) in [5.74, 6) is 0.599. The van der Waals surface area contributed by atoms with E-state index in [0.29, 0.717) is 12.3 Å². The highest BCUT2D eigenvalue weighted by Gasteiger charge is 2.33. The molecule has 1 N–H and O–H groups in total. The zero-order valence-electron chi connectivity index (χ0n) is 12.2. The topological polar surface area (TPSA) is 79.0 Å². The van der Waals surface area contributed by atoms with E-state index in [1.165, 1.54) is 14.1 Å². The smallest absolute Gasteiger partial charge is 0.279 e. The molecular weight excluding hydrogens is 294 g/mol. The third kappa shape index (κ3) is 3.52. The highest BCUT2D eigenvalue weighted by Crippen LogP contribution is 2.24. The van der Waals surface area contributed by atoms with E-state index >= 15 is 0 Å². The van der Waals surface area contributed by atoms with Crippen molar-refractivity contribution in [2.24, 2.45) is 0 Å². The summed E-state index contributed by atoms with van der Waals surface area (Å²) in [5, 5.41) is 0. The lowest BCUT2D eigenvalue weighted by Gasteiger charge is -2.19. The Morgan fingerprint density at radius 2 is 1.90 bits per heavy atom. The molecular formula is C13H19N3O4S. The van der Waals surface area contributed by atoms with Gasteiger partial charge >= 0.3 is 0 Å². The molecule has 0 spiro atoms. The van der Waals surface area contributed by atoms with E-state index in [2.05, 4.69) is 4.72 Å². The molecule has 0 radical (unpaired) electrons. The van der Waals surface area contributed by atoms with Crippen molar-refractivity contribution in [2.45, 2.75) is 12.5 Å². The molecule has 2 rings (SSSR count). The molecule has 0 aromatic heterocycles. The number of carbonyl (C=O) groups is 1. The maximum atomic E-state index is 12.0. The first kappa shape index (κ1) is 15.7. The SMILES string of the molecule is COc1ccc(N2C[C@H](NS(=O)(=O)N(C)C)CC2=O)cc1. The van der Waals surface area contributed by atoms with Gasteiger partial charge in [-0.05, 0) is 24.3 Å². The van der Waals surface area contributed by atoms with Crippen LogP contribution in [-0.2, 0) is 15.0 Å². The van der Waals surface area contributed by atoms with Crippen molar-refractivity contribution in [3.05, 3.63) is 24.3 Å². The maximum Gasteiger partial charge on any atom is 0.279 e. The number of amides is 1. The number of rotatable bonds is 5. The largest absolute Gasteiger partial charge is 0.497 e. The molecule has 21 heavy (non-hydrogen) atoms. The van der Waals surface area contributed by atoms with Crippen molar-refractivity contribution in [2.75, 3.05) is 32.6 Å². The number of hydrogen-bond donors (Lipinski definition) is 1. The minimum atomic E-state index is -3.54. The van der Waals surface area contributed by atoms with Crippen molar-refractivity contribution in [1.82, 2.24) is 9.03 Å². The van der Waals surface area contributed by atoms with Crippen molar-refractivity contribution in [3.8, 4) is 5.75 Å². The fraction of sp³-hybridized carbons (Fsp3) is 0.462. The van der Waals surface area contributed by atoms with E-state index < -0.39 is 16.3 Å². The molecule has 0 bridgehead atoms. The molecule has 1 atom stereocenters. The predicted octanol–water partition coefficient (Wildman–Crippen LogP) is 0.197. The first-order valence-corrected chi connectivity index (χ1v) is 7.91. The summed E-state index contributed by atoms with van der Waals surface area (Å²) in [7, 11) is 0.924. The Kier molecular flexibility index (Phi) is 4.50. The van der Waals surface area contributed by atoms with Crippen LogP contribution in [0.4, 0.5) is 5.69 Å². The Balaban J connectivity index is 2.09. The quantitative estimate of drug-likeness (QED) is 0.842. The van der Waals surface area contributed by atoms with Gasteiger partial charge in [-0.25, -0.2) is 0 Å². The average Bonchev–Trinajstić information content (AvgIpc) is 2.78. The molecule has 0 aliphatic carbocycles. The molecule has 1 aliphatic rings. The van der Waals surface area contributed by atoms with E-state index in [0.717, 1.165) is 9.99 Å². The molecule has 1 aromatic carbocycles. The Hall–Kier alpha value is -1.64. The van der Waals surface area contributed by atoms with Gasteiger partial charge in [-0.15, -0.1) is 0 Å². The number of nitrogens with zero attached hydrogens (tertiary/aromatic N) is 2. The van der Waals surface area contributed by atoms with Crippen LogP contribution < -0.4 is 14.4 Å². The highest BCUT2D eigenvalue weighted by atomic mass is 32.2. The van der Waals surface area contributed by atoms with Gasteiger partial charge in [0.05, 0.1) is 7.11 Å². The Morgan fingerprint density at radius 1 is 1.29 bits per heavy atom.